The van der Waals surface area contributed by atoms with E-state index in [-0.39, 0.29) is 11.9 Å². The molecule has 0 aromatic heterocycles. The lowest BCUT2D eigenvalue weighted by atomic mass is 9.69. The second kappa shape index (κ2) is 8.80. The fourth-order valence-electron chi connectivity index (χ4n) is 4.50. The summed E-state index contributed by atoms with van der Waals surface area (Å²) in [7, 11) is 0. The van der Waals surface area contributed by atoms with Gasteiger partial charge in [-0.2, -0.15) is 0 Å². The molecule has 0 aromatic carbocycles. The van der Waals surface area contributed by atoms with E-state index in [4.69, 9.17) is 4.74 Å². The number of ether oxygens (including phenoxy) is 1. The molecule has 122 valence electrons. The summed E-state index contributed by atoms with van der Waals surface area (Å²) in [6.07, 6.45) is 14.2. The Morgan fingerprint density at radius 3 is 1.95 bits per heavy atom. The molecule has 21 heavy (non-hydrogen) atoms. The highest BCUT2D eigenvalue weighted by molar-refractivity contribution is 5.72. The second-order valence-electron chi connectivity index (χ2n) is 7.35. The van der Waals surface area contributed by atoms with Crippen LogP contribution < -0.4 is 0 Å². The smallest absolute Gasteiger partial charge is 0.308 e. The van der Waals surface area contributed by atoms with Crippen molar-refractivity contribution in [3.63, 3.8) is 0 Å². The summed E-state index contributed by atoms with van der Waals surface area (Å²) in [5, 5.41) is 0. The van der Waals surface area contributed by atoms with E-state index in [0.717, 1.165) is 37.0 Å². The molecule has 0 amide bonds. The number of hydrogen-bond donors (Lipinski definition) is 0. The Morgan fingerprint density at radius 1 is 0.857 bits per heavy atom. The van der Waals surface area contributed by atoms with Gasteiger partial charge in [0.05, 0.1) is 12.5 Å². The van der Waals surface area contributed by atoms with E-state index in [2.05, 4.69) is 13.8 Å². The van der Waals surface area contributed by atoms with Crippen molar-refractivity contribution in [1.29, 1.82) is 0 Å². The van der Waals surface area contributed by atoms with Crippen LogP contribution in [-0.4, -0.2) is 12.6 Å². The summed E-state index contributed by atoms with van der Waals surface area (Å²) in [4.78, 5) is 11.9. The molecule has 2 aliphatic carbocycles. The number of esters is 1. The molecule has 2 fully saturated rings. The Labute approximate surface area is 131 Å². The van der Waals surface area contributed by atoms with Gasteiger partial charge in [0.2, 0.25) is 0 Å². The molecule has 0 aromatic rings. The van der Waals surface area contributed by atoms with Crippen molar-refractivity contribution >= 4 is 5.97 Å². The van der Waals surface area contributed by atoms with Crippen LogP contribution in [-0.2, 0) is 9.53 Å². The lowest BCUT2D eigenvalue weighted by Gasteiger charge is -2.37. The highest BCUT2D eigenvalue weighted by Gasteiger charge is 2.33. The molecular formula is C19H34O2. The normalized spacial score (nSPS) is 33.6. The Kier molecular flexibility index (Phi) is 7.06. The number of carbonyl (C=O) groups is 1. The summed E-state index contributed by atoms with van der Waals surface area (Å²) in [6, 6.07) is 0. The van der Waals surface area contributed by atoms with Crippen LogP contribution in [0.1, 0.15) is 84.5 Å². The van der Waals surface area contributed by atoms with E-state index in [9.17, 15) is 4.79 Å². The number of hydrogen-bond acceptors (Lipinski definition) is 2. The highest BCUT2D eigenvalue weighted by atomic mass is 16.5. The van der Waals surface area contributed by atoms with Gasteiger partial charge in [0, 0.05) is 0 Å². The molecule has 2 aliphatic rings. The minimum absolute atomic E-state index is 0.0713. The lowest BCUT2D eigenvalue weighted by molar-refractivity contribution is -0.150. The van der Waals surface area contributed by atoms with Gasteiger partial charge in [-0.15, -0.1) is 0 Å². The van der Waals surface area contributed by atoms with Crippen LogP contribution in [0.3, 0.4) is 0 Å². The van der Waals surface area contributed by atoms with Crippen molar-refractivity contribution in [2.24, 2.45) is 23.7 Å². The van der Waals surface area contributed by atoms with Gasteiger partial charge in [-0.25, -0.2) is 0 Å². The molecule has 0 bridgehead atoms. The van der Waals surface area contributed by atoms with E-state index in [0.29, 0.717) is 6.61 Å². The van der Waals surface area contributed by atoms with Crippen molar-refractivity contribution in [3.05, 3.63) is 0 Å². The van der Waals surface area contributed by atoms with Crippen LogP contribution in [0.25, 0.3) is 0 Å². The molecule has 0 saturated heterocycles. The van der Waals surface area contributed by atoms with E-state index < -0.39 is 0 Å². The molecule has 0 radical (unpaired) electrons. The Bertz CT molecular complexity index is 297. The molecular weight excluding hydrogens is 260 g/mol. The monoisotopic (exact) mass is 294 g/mol. The third kappa shape index (κ3) is 5.00. The van der Waals surface area contributed by atoms with Crippen LogP contribution in [0, 0.1) is 23.7 Å². The summed E-state index contributed by atoms with van der Waals surface area (Å²) in [6.45, 7) is 4.96. The van der Waals surface area contributed by atoms with Gasteiger partial charge in [-0.05, 0) is 62.7 Å². The largest absolute Gasteiger partial charge is 0.465 e. The molecule has 0 atom stereocenters. The van der Waals surface area contributed by atoms with Gasteiger partial charge >= 0.3 is 5.97 Å². The summed E-state index contributed by atoms with van der Waals surface area (Å²) < 4.78 is 5.31. The highest BCUT2D eigenvalue weighted by Crippen LogP contribution is 2.42. The van der Waals surface area contributed by atoms with Gasteiger partial charge < -0.3 is 4.74 Å². The minimum Gasteiger partial charge on any atom is -0.465 e. The Morgan fingerprint density at radius 2 is 1.43 bits per heavy atom. The van der Waals surface area contributed by atoms with E-state index >= 15 is 0 Å². The summed E-state index contributed by atoms with van der Waals surface area (Å²) in [5.41, 5.74) is 0. The van der Waals surface area contributed by atoms with Gasteiger partial charge in [-0.3, -0.25) is 4.79 Å². The van der Waals surface area contributed by atoms with Crippen LogP contribution in [0.2, 0.25) is 0 Å². The first-order valence-corrected chi connectivity index (χ1v) is 9.41. The quantitative estimate of drug-likeness (QED) is 0.617. The fourth-order valence-corrected chi connectivity index (χ4v) is 4.50. The predicted molar refractivity (Wildman–Crippen MR) is 87.1 cm³/mol. The zero-order valence-electron chi connectivity index (χ0n) is 14.1. The molecule has 0 unspecified atom stereocenters. The maximum absolute atomic E-state index is 11.9. The zero-order chi connectivity index (χ0) is 15.1. The van der Waals surface area contributed by atoms with E-state index in [1.807, 2.05) is 0 Å². The van der Waals surface area contributed by atoms with Crippen LogP contribution in [0.15, 0.2) is 0 Å². The lowest BCUT2D eigenvalue weighted by Crippen LogP contribution is -2.29. The van der Waals surface area contributed by atoms with Crippen LogP contribution >= 0.6 is 0 Å². The molecule has 2 rings (SSSR count). The SMILES string of the molecule is CCCOC(=O)C1CCC(C2CCC(CCC)CC2)CC1. The molecule has 0 spiro atoms. The van der Waals surface area contributed by atoms with Crippen molar-refractivity contribution in [1.82, 2.24) is 0 Å². The molecule has 0 N–H and O–H groups in total. The van der Waals surface area contributed by atoms with Gasteiger partial charge in [0.25, 0.3) is 0 Å². The standard InChI is InChI=1S/C19H34O2/c1-3-5-15-6-8-16(9-7-15)17-10-12-18(13-11-17)19(20)21-14-4-2/h15-18H,3-14H2,1-2H3. The fraction of sp³-hybridized carbons (Fsp3) is 0.947. The molecule has 0 aliphatic heterocycles. The maximum Gasteiger partial charge on any atom is 0.308 e. The third-order valence-electron chi connectivity index (χ3n) is 5.81. The average molecular weight is 294 g/mol. The topological polar surface area (TPSA) is 26.3 Å². The Hall–Kier alpha value is -0.530. The van der Waals surface area contributed by atoms with E-state index in [1.165, 1.54) is 51.4 Å². The summed E-state index contributed by atoms with van der Waals surface area (Å²) >= 11 is 0. The molecule has 0 heterocycles. The maximum atomic E-state index is 11.9. The zero-order valence-corrected chi connectivity index (χ0v) is 14.1. The van der Waals surface area contributed by atoms with Crippen LogP contribution in [0.4, 0.5) is 0 Å². The molecule has 2 nitrogen and oxygen atoms in total. The van der Waals surface area contributed by atoms with Gasteiger partial charge in [0.1, 0.15) is 0 Å². The molecule has 2 saturated carbocycles. The Balaban J connectivity index is 1.68. The van der Waals surface area contributed by atoms with Crippen molar-refractivity contribution < 1.29 is 9.53 Å². The number of carbonyl (C=O) groups excluding carboxylic acids is 1. The first kappa shape index (κ1) is 16.8. The van der Waals surface area contributed by atoms with Gasteiger partial charge in [0.15, 0.2) is 0 Å². The first-order chi connectivity index (χ1) is 10.2. The average Bonchev–Trinajstić information content (AvgIpc) is 2.54. The van der Waals surface area contributed by atoms with E-state index in [1.54, 1.807) is 0 Å². The summed E-state index contributed by atoms with van der Waals surface area (Å²) in [5.74, 6) is 3.12. The molecule has 2 heteroatoms. The van der Waals surface area contributed by atoms with Crippen LogP contribution in [0.5, 0.6) is 0 Å². The third-order valence-corrected chi connectivity index (χ3v) is 5.81. The van der Waals surface area contributed by atoms with Crippen molar-refractivity contribution in [2.45, 2.75) is 84.5 Å². The second-order valence-corrected chi connectivity index (χ2v) is 7.35. The van der Waals surface area contributed by atoms with Crippen molar-refractivity contribution in [2.75, 3.05) is 6.61 Å². The first-order valence-electron chi connectivity index (χ1n) is 9.41. The number of rotatable bonds is 6. The minimum atomic E-state index is 0.0713. The van der Waals surface area contributed by atoms with Crippen molar-refractivity contribution in [3.8, 4) is 0 Å². The van der Waals surface area contributed by atoms with Gasteiger partial charge in [-0.1, -0.05) is 39.5 Å². The predicted octanol–water partition coefficient (Wildman–Crippen LogP) is 5.35.